The first-order valence-corrected chi connectivity index (χ1v) is 11.6. The van der Waals surface area contributed by atoms with Crippen molar-refractivity contribution in [3.63, 3.8) is 0 Å². The second kappa shape index (κ2) is 8.98. The molecule has 0 saturated heterocycles. The average molecular weight is 478 g/mol. The number of nitrogens with zero attached hydrogens (tertiary/aromatic N) is 1. The molecule has 2 aliphatic rings. The Bertz CT molecular complexity index is 1320. The quantitative estimate of drug-likeness (QED) is 0.526. The SMILES string of the molecule is COC(=O)[C@H]1Cc2c([nH]c3ccccc23)[C@@H](c2ccc3c(c2)OCO3)N1C(=O)[C@@H](C)CCC(N)=O. The molecule has 3 aromatic rings. The molecule has 1 aromatic heterocycles. The number of nitrogens with two attached hydrogens (primary N) is 1. The molecule has 2 aliphatic heterocycles. The van der Waals surface area contributed by atoms with Gasteiger partial charge in [-0.25, -0.2) is 4.79 Å². The summed E-state index contributed by atoms with van der Waals surface area (Å²) in [4.78, 5) is 43.4. The maximum absolute atomic E-state index is 13.9. The highest BCUT2D eigenvalue weighted by Crippen LogP contribution is 2.44. The van der Waals surface area contributed by atoms with Gasteiger partial charge in [0.1, 0.15) is 6.04 Å². The number of para-hydroxylation sites is 1. The van der Waals surface area contributed by atoms with E-state index in [0.29, 0.717) is 17.9 Å². The Kier molecular flexibility index (Phi) is 5.84. The van der Waals surface area contributed by atoms with Crippen LogP contribution in [-0.2, 0) is 25.5 Å². The number of aromatic nitrogens is 1. The first-order valence-electron chi connectivity index (χ1n) is 11.6. The summed E-state index contributed by atoms with van der Waals surface area (Å²) in [5.41, 5.74) is 8.81. The number of ether oxygens (including phenoxy) is 3. The van der Waals surface area contributed by atoms with Gasteiger partial charge in [0.2, 0.25) is 18.6 Å². The predicted octanol–water partition coefficient (Wildman–Crippen LogP) is 2.81. The summed E-state index contributed by atoms with van der Waals surface area (Å²) in [6.45, 7) is 1.87. The van der Waals surface area contributed by atoms with E-state index >= 15 is 0 Å². The number of hydrogen-bond donors (Lipinski definition) is 2. The van der Waals surface area contributed by atoms with Gasteiger partial charge in [0.15, 0.2) is 11.5 Å². The second-order valence-corrected chi connectivity index (χ2v) is 8.97. The number of hydrogen-bond acceptors (Lipinski definition) is 6. The molecule has 0 saturated carbocycles. The van der Waals surface area contributed by atoms with Gasteiger partial charge in [-0.2, -0.15) is 0 Å². The topological polar surface area (TPSA) is 124 Å². The van der Waals surface area contributed by atoms with Gasteiger partial charge >= 0.3 is 5.97 Å². The lowest BCUT2D eigenvalue weighted by atomic mass is 9.86. The lowest BCUT2D eigenvalue weighted by Gasteiger charge is -2.42. The zero-order chi connectivity index (χ0) is 24.7. The van der Waals surface area contributed by atoms with E-state index in [-0.39, 0.29) is 25.5 Å². The van der Waals surface area contributed by atoms with Crippen molar-refractivity contribution in [3.8, 4) is 11.5 Å². The van der Waals surface area contributed by atoms with Crippen molar-refractivity contribution in [3.05, 3.63) is 59.3 Å². The van der Waals surface area contributed by atoms with E-state index < -0.39 is 29.9 Å². The number of benzene rings is 2. The fraction of sp³-hybridized carbons (Fsp3) is 0.346. The lowest BCUT2D eigenvalue weighted by molar-refractivity contribution is -0.157. The minimum Gasteiger partial charge on any atom is -0.467 e. The Labute approximate surface area is 202 Å². The average Bonchev–Trinajstić information content (AvgIpc) is 3.49. The van der Waals surface area contributed by atoms with Gasteiger partial charge in [0, 0.05) is 35.4 Å². The summed E-state index contributed by atoms with van der Waals surface area (Å²) in [6, 6.07) is 11.9. The lowest BCUT2D eigenvalue weighted by Crippen LogP contribution is -2.53. The van der Waals surface area contributed by atoms with Crippen molar-refractivity contribution >= 4 is 28.7 Å². The van der Waals surface area contributed by atoms with E-state index in [2.05, 4.69) is 4.98 Å². The molecule has 5 rings (SSSR count). The van der Waals surface area contributed by atoms with E-state index in [1.54, 1.807) is 17.9 Å². The van der Waals surface area contributed by atoms with Gasteiger partial charge in [-0.15, -0.1) is 0 Å². The Morgan fingerprint density at radius 3 is 2.71 bits per heavy atom. The highest BCUT2D eigenvalue weighted by Gasteiger charge is 2.45. The van der Waals surface area contributed by atoms with Crippen LogP contribution in [-0.4, -0.2) is 47.6 Å². The minimum absolute atomic E-state index is 0.0793. The number of esters is 1. The number of H-pyrrole nitrogens is 1. The standard InChI is InChI=1S/C26H27N3O6/c1-14(7-10-22(27)30)25(31)29-19(26(32)33-2)12-17-16-5-3-4-6-18(16)28-23(17)24(29)15-8-9-20-21(11-15)35-13-34-20/h3-6,8-9,11,14,19,24,28H,7,10,12-13H2,1-2H3,(H2,27,30)/t14-,19+,24+/m0/s1. The molecule has 0 radical (unpaired) electrons. The maximum atomic E-state index is 13.9. The van der Waals surface area contributed by atoms with Crippen molar-refractivity contribution in [2.75, 3.05) is 13.9 Å². The van der Waals surface area contributed by atoms with Crippen molar-refractivity contribution < 1.29 is 28.6 Å². The molecule has 3 N–H and O–H groups in total. The number of fused-ring (bicyclic) bond motifs is 4. The Balaban J connectivity index is 1.68. The normalized spacial score (nSPS) is 19.3. The number of amides is 2. The van der Waals surface area contributed by atoms with Crippen LogP contribution in [0.4, 0.5) is 0 Å². The summed E-state index contributed by atoms with van der Waals surface area (Å²) < 4.78 is 16.2. The molecule has 0 spiro atoms. The van der Waals surface area contributed by atoms with E-state index in [4.69, 9.17) is 19.9 Å². The molecule has 2 amide bonds. The Hall–Kier alpha value is -4.01. The molecular weight excluding hydrogens is 450 g/mol. The van der Waals surface area contributed by atoms with Gasteiger partial charge in [-0.05, 0) is 35.7 Å². The smallest absolute Gasteiger partial charge is 0.328 e. The fourth-order valence-corrected chi connectivity index (χ4v) is 5.05. The van der Waals surface area contributed by atoms with Gasteiger partial charge in [-0.1, -0.05) is 31.2 Å². The van der Waals surface area contributed by atoms with Crippen LogP contribution >= 0.6 is 0 Å². The molecule has 0 unspecified atom stereocenters. The third-order valence-electron chi connectivity index (χ3n) is 6.82. The van der Waals surface area contributed by atoms with Crippen molar-refractivity contribution in [1.29, 1.82) is 0 Å². The zero-order valence-corrected chi connectivity index (χ0v) is 19.6. The highest BCUT2D eigenvalue weighted by molar-refractivity contribution is 5.91. The Morgan fingerprint density at radius 1 is 1.17 bits per heavy atom. The van der Waals surface area contributed by atoms with Crippen LogP contribution in [0.2, 0.25) is 0 Å². The van der Waals surface area contributed by atoms with Crippen LogP contribution in [0.25, 0.3) is 10.9 Å². The molecule has 0 bridgehead atoms. The minimum atomic E-state index is -0.842. The van der Waals surface area contributed by atoms with Crippen molar-refractivity contribution in [2.45, 2.75) is 38.3 Å². The number of nitrogens with one attached hydrogen (secondary N) is 1. The van der Waals surface area contributed by atoms with Crippen LogP contribution in [0.1, 0.15) is 42.6 Å². The van der Waals surface area contributed by atoms with E-state index in [0.717, 1.165) is 27.7 Å². The molecule has 9 heteroatoms. The van der Waals surface area contributed by atoms with Crippen LogP contribution in [0.15, 0.2) is 42.5 Å². The van der Waals surface area contributed by atoms with Gasteiger partial charge in [0.05, 0.1) is 13.2 Å². The number of aromatic amines is 1. The van der Waals surface area contributed by atoms with Crippen LogP contribution in [0, 0.1) is 5.92 Å². The third-order valence-corrected chi connectivity index (χ3v) is 6.82. The number of methoxy groups -OCH3 is 1. The number of carbonyl (C=O) groups is 3. The fourth-order valence-electron chi connectivity index (χ4n) is 5.05. The third kappa shape index (κ3) is 3.96. The van der Waals surface area contributed by atoms with E-state index in [1.807, 2.05) is 36.4 Å². The van der Waals surface area contributed by atoms with Crippen molar-refractivity contribution in [2.24, 2.45) is 11.7 Å². The monoisotopic (exact) mass is 477 g/mol. The van der Waals surface area contributed by atoms with Crippen LogP contribution < -0.4 is 15.2 Å². The summed E-state index contributed by atoms with van der Waals surface area (Å²) in [6.07, 6.45) is 0.670. The number of rotatable bonds is 6. The summed E-state index contributed by atoms with van der Waals surface area (Å²) >= 11 is 0. The number of primary amides is 1. The molecule has 0 aliphatic carbocycles. The van der Waals surface area contributed by atoms with E-state index in [9.17, 15) is 14.4 Å². The first kappa shape index (κ1) is 22.8. The van der Waals surface area contributed by atoms with Crippen molar-refractivity contribution in [1.82, 2.24) is 9.88 Å². The molecular formula is C26H27N3O6. The maximum Gasteiger partial charge on any atom is 0.328 e. The molecule has 0 fully saturated rings. The summed E-state index contributed by atoms with van der Waals surface area (Å²) in [7, 11) is 1.32. The van der Waals surface area contributed by atoms with Gasteiger partial charge in [0.25, 0.3) is 0 Å². The molecule has 2 aromatic carbocycles. The van der Waals surface area contributed by atoms with Gasteiger partial charge in [-0.3, -0.25) is 9.59 Å². The Morgan fingerprint density at radius 2 is 1.94 bits per heavy atom. The largest absolute Gasteiger partial charge is 0.467 e. The molecule has 9 nitrogen and oxygen atoms in total. The summed E-state index contributed by atoms with van der Waals surface area (Å²) in [5, 5.41) is 0.996. The molecule has 3 atom stereocenters. The predicted molar refractivity (Wildman–Crippen MR) is 127 cm³/mol. The second-order valence-electron chi connectivity index (χ2n) is 8.97. The van der Waals surface area contributed by atoms with E-state index in [1.165, 1.54) is 7.11 Å². The number of carbonyl (C=O) groups excluding carboxylic acids is 3. The van der Waals surface area contributed by atoms with Gasteiger partial charge < -0.3 is 29.8 Å². The molecule has 3 heterocycles. The zero-order valence-electron chi connectivity index (χ0n) is 19.6. The van der Waals surface area contributed by atoms with Crippen LogP contribution in [0.5, 0.6) is 11.5 Å². The first-order chi connectivity index (χ1) is 16.9. The molecule has 35 heavy (non-hydrogen) atoms. The molecule has 182 valence electrons. The highest BCUT2D eigenvalue weighted by atomic mass is 16.7. The summed E-state index contributed by atoms with van der Waals surface area (Å²) in [5.74, 6) is -0.556. The van der Waals surface area contributed by atoms with Crippen LogP contribution in [0.3, 0.4) is 0 Å².